The molecule has 0 aliphatic rings. The lowest BCUT2D eigenvalue weighted by Gasteiger charge is -2.16. The van der Waals surface area contributed by atoms with E-state index >= 15 is 0 Å². The van der Waals surface area contributed by atoms with Crippen LogP contribution in [0.25, 0.3) is 0 Å². The first-order valence-electron chi connectivity index (χ1n) is 6.25. The molecule has 1 rings (SSSR count). The molecule has 2 N–H and O–H groups in total. The molecule has 0 fully saturated rings. The van der Waals surface area contributed by atoms with E-state index in [0.717, 1.165) is 11.3 Å². The van der Waals surface area contributed by atoms with Crippen molar-refractivity contribution < 1.29 is 19.1 Å². The van der Waals surface area contributed by atoms with Gasteiger partial charge in [0.05, 0.1) is 14.2 Å². The van der Waals surface area contributed by atoms with E-state index in [9.17, 15) is 9.59 Å². The topological polar surface area (TPSA) is 76.7 Å². The largest absolute Gasteiger partial charge is 0.497 e. The van der Waals surface area contributed by atoms with Crippen molar-refractivity contribution in [1.29, 1.82) is 0 Å². The van der Waals surface area contributed by atoms with Crippen molar-refractivity contribution in [2.24, 2.45) is 0 Å². The van der Waals surface area contributed by atoms with Crippen LogP contribution in [0.2, 0.25) is 0 Å². The molecule has 0 bridgehead atoms. The van der Waals surface area contributed by atoms with Crippen LogP contribution in [0.1, 0.15) is 12.5 Å². The van der Waals surface area contributed by atoms with E-state index in [4.69, 9.17) is 4.74 Å². The van der Waals surface area contributed by atoms with Gasteiger partial charge in [-0.1, -0.05) is 12.1 Å². The van der Waals surface area contributed by atoms with Gasteiger partial charge in [0.1, 0.15) is 11.8 Å². The lowest BCUT2D eigenvalue weighted by Crippen LogP contribution is -2.46. The smallest absolute Gasteiger partial charge is 0.329 e. The van der Waals surface area contributed by atoms with E-state index in [0.29, 0.717) is 13.1 Å². The summed E-state index contributed by atoms with van der Waals surface area (Å²) in [5.74, 6) is 0.0256. The average molecular weight is 280 g/mol. The van der Waals surface area contributed by atoms with Crippen molar-refractivity contribution in [3.05, 3.63) is 29.8 Å². The quantitative estimate of drug-likeness (QED) is 0.710. The molecule has 6 heteroatoms. The molecule has 1 aromatic rings. The van der Waals surface area contributed by atoms with Crippen LogP contribution in [0.5, 0.6) is 5.75 Å². The number of hydrogen-bond acceptors (Lipinski definition) is 5. The number of carbonyl (C=O) groups is 2. The third-order valence-electron chi connectivity index (χ3n) is 2.67. The number of carbonyl (C=O) groups excluding carboxylic acids is 2. The molecule has 1 unspecified atom stereocenters. The van der Waals surface area contributed by atoms with E-state index < -0.39 is 12.0 Å². The number of hydrogen-bond donors (Lipinski definition) is 2. The lowest BCUT2D eigenvalue weighted by atomic mass is 10.2. The maximum absolute atomic E-state index is 11.5. The first kappa shape index (κ1) is 16.0. The molecule has 0 saturated heterocycles. The van der Waals surface area contributed by atoms with Gasteiger partial charge >= 0.3 is 5.97 Å². The number of benzene rings is 1. The summed E-state index contributed by atoms with van der Waals surface area (Å²) in [5, 5.41) is 5.64. The van der Waals surface area contributed by atoms with Gasteiger partial charge in [-0.2, -0.15) is 0 Å². The highest BCUT2D eigenvalue weighted by atomic mass is 16.5. The molecule has 0 spiro atoms. The summed E-state index contributed by atoms with van der Waals surface area (Å²) in [6.45, 7) is 2.21. The number of rotatable bonds is 7. The Hall–Kier alpha value is -2.08. The van der Waals surface area contributed by atoms with Gasteiger partial charge in [0.25, 0.3) is 0 Å². The van der Waals surface area contributed by atoms with Crippen molar-refractivity contribution in [3.8, 4) is 5.75 Å². The highest BCUT2D eigenvalue weighted by Gasteiger charge is 2.19. The Morgan fingerprint density at radius 1 is 1.30 bits per heavy atom. The zero-order valence-electron chi connectivity index (χ0n) is 11.9. The van der Waals surface area contributed by atoms with Gasteiger partial charge < -0.3 is 20.1 Å². The standard InChI is InChI=1S/C14H20N2O4/c1-10(17)16-13(14(18)20-3)9-15-8-11-5-4-6-12(7-11)19-2/h4-7,13,15H,8-9H2,1-3H3,(H,16,17). The number of amides is 1. The summed E-state index contributed by atoms with van der Waals surface area (Å²) in [7, 11) is 2.90. The number of methoxy groups -OCH3 is 2. The fourth-order valence-electron chi connectivity index (χ4n) is 1.72. The molecular weight excluding hydrogens is 260 g/mol. The predicted octanol–water partition coefficient (Wildman–Crippen LogP) is 0.462. The van der Waals surface area contributed by atoms with Crippen LogP contribution in [0, 0.1) is 0 Å². The molecule has 20 heavy (non-hydrogen) atoms. The van der Waals surface area contributed by atoms with E-state index in [1.807, 2.05) is 24.3 Å². The van der Waals surface area contributed by atoms with E-state index in [1.54, 1.807) is 7.11 Å². The Kier molecular flexibility index (Phi) is 6.52. The SMILES string of the molecule is COC(=O)C(CNCc1cccc(OC)c1)NC(C)=O. The van der Waals surface area contributed by atoms with E-state index in [2.05, 4.69) is 15.4 Å². The van der Waals surface area contributed by atoms with Crippen LogP contribution in [0.15, 0.2) is 24.3 Å². The maximum Gasteiger partial charge on any atom is 0.329 e. The highest BCUT2D eigenvalue weighted by Crippen LogP contribution is 2.12. The minimum atomic E-state index is -0.692. The summed E-state index contributed by atoms with van der Waals surface area (Å²) in [4.78, 5) is 22.5. The molecule has 0 heterocycles. The number of nitrogens with one attached hydrogen (secondary N) is 2. The lowest BCUT2D eigenvalue weighted by molar-refractivity contribution is -0.144. The third-order valence-corrected chi connectivity index (χ3v) is 2.67. The molecular formula is C14H20N2O4. The van der Waals surface area contributed by atoms with Crippen molar-refractivity contribution >= 4 is 11.9 Å². The van der Waals surface area contributed by atoms with Crippen LogP contribution in [-0.2, 0) is 20.9 Å². The Morgan fingerprint density at radius 2 is 2.05 bits per heavy atom. The predicted molar refractivity (Wildman–Crippen MR) is 74.3 cm³/mol. The van der Waals surface area contributed by atoms with Gasteiger partial charge in [-0.05, 0) is 17.7 Å². The fraction of sp³-hybridized carbons (Fsp3) is 0.429. The van der Waals surface area contributed by atoms with Crippen molar-refractivity contribution in [3.63, 3.8) is 0 Å². The molecule has 6 nitrogen and oxygen atoms in total. The van der Waals surface area contributed by atoms with Crippen LogP contribution in [0.4, 0.5) is 0 Å². The first-order valence-corrected chi connectivity index (χ1v) is 6.25. The average Bonchev–Trinajstić information content (AvgIpc) is 2.45. The first-order chi connectivity index (χ1) is 9.56. The van der Waals surface area contributed by atoms with Crippen LogP contribution >= 0.6 is 0 Å². The summed E-state index contributed by atoms with van der Waals surface area (Å²) < 4.78 is 9.77. The Morgan fingerprint density at radius 3 is 2.65 bits per heavy atom. The molecule has 1 amide bonds. The van der Waals surface area contributed by atoms with Crippen molar-refractivity contribution in [1.82, 2.24) is 10.6 Å². The second-order valence-electron chi connectivity index (χ2n) is 4.26. The summed E-state index contributed by atoms with van der Waals surface area (Å²) >= 11 is 0. The Bertz CT molecular complexity index is 462. The number of ether oxygens (including phenoxy) is 2. The van der Waals surface area contributed by atoms with Crippen molar-refractivity contribution in [2.75, 3.05) is 20.8 Å². The normalized spacial score (nSPS) is 11.6. The maximum atomic E-state index is 11.5. The number of esters is 1. The van der Waals surface area contributed by atoms with Gasteiger partial charge in [0.2, 0.25) is 5.91 Å². The van der Waals surface area contributed by atoms with E-state index in [-0.39, 0.29) is 5.91 Å². The molecule has 1 atom stereocenters. The van der Waals surface area contributed by atoms with Gasteiger partial charge in [-0.25, -0.2) is 4.79 Å². The van der Waals surface area contributed by atoms with Gasteiger partial charge in [0.15, 0.2) is 0 Å². The molecule has 0 aliphatic carbocycles. The van der Waals surface area contributed by atoms with Crippen LogP contribution in [0.3, 0.4) is 0 Å². The summed E-state index contributed by atoms with van der Waals surface area (Å²) in [5.41, 5.74) is 1.02. The second kappa shape index (κ2) is 8.16. The molecule has 0 aliphatic heterocycles. The second-order valence-corrected chi connectivity index (χ2v) is 4.26. The molecule has 0 saturated carbocycles. The van der Waals surface area contributed by atoms with E-state index in [1.165, 1.54) is 14.0 Å². The zero-order valence-corrected chi connectivity index (χ0v) is 11.9. The zero-order chi connectivity index (χ0) is 15.0. The van der Waals surface area contributed by atoms with Crippen molar-refractivity contribution in [2.45, 2.75) is 19.5 Å². The van der Waals surface area contributed by atoms with Gasteiger partial charge in [-0.15, -0.1) is 0 Å². The fourth-order valence-corrected chi connectivity index (χ4v) is 1.72. The Labute approximate surface area is 118 Å². The summed E-state index contributed by atoms with van der Waals surface area (Å²) in [6.07, 6.45) is 0. The Balaban J connectivity index is 2.50. The van der Waals surface area contributed by atoms with Gasteiger partial charge in [-0.3, -0.25) is 4.79 Å². The molecule has 0 radical (unpaired) electrons. The van der Waals surface area contributed by atoms with Gasteiger partial charge in [0, 0.05) is 20.0 Å². The summed E-state index contributed by atoms with van der Waals surface area (Å²) in [6, 6.07) is 6.90. The van der Waals surface area contributed by atoms with Crippen LogP contribution < -0.4 is 15.4 Å². The minimum Gasteiger partial charge on any atom is -0.497 e. The molecule has 0 aromatic heterocycles. The van der Waals surface area contributed by atoms with Crippen LogP contribution in [-0.4, -0.2) is 38.7 Å². The monoisotopic (exact) mass is 280 g/mol. The highest BCUT2D eigenvalue weighted by molar-refractivity contribution is 5.83. The molecule has 1 aromatic carbocycles. The minimum absolute atomic E-state index is 0.274. The molecule has 110 valence electrons. The third kappa shape index (κ3) is 5.27.